The Labute approximate surface area is 80.2 Å². The summed E-state index contributed by atoms with van der Waals surface area (Å²) >= 11 is 0. The van der Waals surface area contributed by atoms with E-state index in [1.807, 2.05) is 13.8 Å². The van der Waals surface area contributed by atoms with Gasteiger partial charge in [0.15, 0.2) is 0 Å². The Morgan fingerprint density at radius 2 is 2.23 bits per heavy atom. The lowest BCUT2D eigenvalue weighted by Gasteiger charge is -2.03. The maximum Gasteiger partial charge on any atom is 0.305 e. The first kappa shape index (κ1) is 12.2. The topological polar surface area (TPSA) is 38.3 Å². The normalized spacial score (nSPS) is 9.69. The van der Waals surface area contributed by atoms with Crippen molar-refractivity contribution in [3.63, 3.8) is 0 Å². The number of hydrogen-bond acceptors (Lipinski definition) is 3. The van der Waals surface area contributed by atoms with Gasteiger partial charge in [0.2, 0.25) is 0 Å². The number of carbonyl (C=O) groups is 1. The number of hydrogen-bond donors (Lipinski definition) is 1. The summed E-state index contributed by atoms with van der Waals surface area (Å²) in [5, 5.41) is 3.17. The van der Waals surface area contributed by atoms with Crippen LogP contribution >= 0.6 is 0 Å². The minimum absolute atomic E-state index is 0.111. The van der Waals surface area contributed by atoms with Gasteiger partial charge in [-0.3, -0.25) is 4.79 Å². The summed E-state index contributed by atoms with van der Waals surface area (Å²) in [6.45, 7) is 9.68. The van der Waals surface area contributed by atoms with Crippen LogP contribution in [0.2, 0.25) is 0 Å². The highest BCUT2D eigenvalue weighted by Gasteiger charge is 1.99. The van der Waals surface area contributed by atoms with Crippen LogP contribution in [-0.4, -0.2) is 25.7 Å². The Kier molecular flexibility index (Phi) is 7.30. The zero-order valence-electron chi connectivity index (χ0n) is 8.56. The van der Waals surface area contributed by atoms with Gasteiger partial charge in [-0.15, -0.1) is 0 Å². The van der Waals surface area contributed by atoms with Crippen LogP contribution in [0.3, 0.4) is 0 Å². The SMILES string of the molecule is C=C(C)CNCCCC(=O)OCC. The Bertz CT molecular complexity index is 166. The van der Waals surface area contributed by atoms with Crippen LogP contribution < -0.4 is 5.32 Å². The highest BCUT2D eigenvalue weighted by molar-refractivity contribution is 5.69. The summed E-state index contributed by atoms with van der Waals surface area (Å²) in [5.41, 5.74) is 1.11. The fourth-order valence-corrected chi connectivity index (χ4v) is 0.893. The number of ether oxygens (including phenoxy) is 1. The molecule has 0 saturated carbocycles. The maximum atomic E-state index is 10.9. The predicted octanol–water partition coefficient (Wildman–Crippen LogP) is 1.50. The summed E-state index contributed by atoms with van der Waals surface area (Å²) in [6, 6.07) is 0. The highest BCUT2D eigenvalue weighted by Crippen LogP contribution is 1.91. The van der Waals surface area contributed by atoms with E-state index in [1.165, 1.54) is 0 Å². The van der Waals surface area contributed by atoms with E-state index < -0.39 is 0 Å². The average Bonchev–Trinajstić information content (AvgIpc) is 2.03. The molecule has 0 unspecified atom stereocenters. The molecule has 0 fully saturated rings. The lowest BCUT2D eigenvalue weighted by Crippen LogP contribution is -2.18. The van der Waals surface area contributed by atoms with Gasteiger partial charge in [-0.25, -0.2) is 0 Å². The van der Waals surface area contributed by atoms with Gasteiger partial charge in [0.05, 0.1) is 6.61 Å². The van der Waals surface area contributed by atoms with Crippen molar-refractivity contribution in [2.75, 3.05) is 19.7 Å². The molecule has 0 spiro atoms. The van der Waals surface area contributed by atoms with E-state index in [2.05, 4.69) is 11.9 Å². The number of carbonyl (C=O) groups excluding carboxylic acids is 1. The lowest BCUT2D eigenvalue weighted by molar-refractivity contribution is -0.143. The molecule has 3 heteroatoms. The first-order valence-electron chi connectivity index (χ1n) is 4.67. The molecule has 0 aliphatic heterocycles. The summed E-state index contributed by atoms with van der Waals surface area (Å²) < 4.78 is 4.79. The van der Waals surface area contributed by atoms with Gasteiger partial charge in [-0.2, -0.15) is 0 Å². The van der Waals surface area contributed by atoms with Crippen LogP contribution in [0.15, 0.2) is 12.2 Å². The molecule has 0 amide bonds. The second-order valence-corrected chi connectivity index (χ2v) is 3.04. The van der Waals surface area contributed by atoms with E-state index in [0.717, 1.165) is 25.1 Å². The summed E-state index contributed by atoms with van der Waals surface area (Å²) in [4.78, 5) is 10.9. The van der Waals surface area contributed by atoms with E-state index in [1.54, 1.807) is 0 Å². The van der Waals surface area contributed by atoms with E-state index in [0.29, 0.717) is 13.0 Å². The van der Waals surface area contributed by atoms with Crippen molar-refractivity contribution >= 4 is 5.97 Å². The lowest BCUT2D eigenvalue weighted by atomic mass is 10.3. The summed E-state index contributed by atoms with van der Waals surface area (Å²) in [5.74, 6) is -0.111. The molecule has 0 aromatic rings. The third-order valence-electron chi connectivity index (χ3n) is 1.47. The van der Waals surface area contributed by atoms with Crippen LogP contribution in [0, 0.1) is 0 Å². The van der Waals surface area contributed by atoms with Gasteiger partial charge in [-0.05, 0) is 26.8 Å². The molecule has 13 heavy (non-hydrogen) atoms. The summed E-state index contributed by atoms with van der Waals surface area (Å²) in [6.07, 6.45) is 1.32. The molecule has 0 aromatic heterocycles. The van der Waals surface area contributed by atoms with Crippen LogP contribution in [0.1, 0.15) is 26.7 Å². The highest BCUT2D eigenvalue weighted by atomic mass is 16.5. The van der Waals surface area contributed by atoms with E-state index in [4.69, 9.17) is 4.74 Å². The van der Waals surface area contributed by atoms with Gasteiger partial charge >= 0.3 is 5.97 Å². The van der Waals surface area contributed by atoms with Crippen LogP contribution in [-0.2, 0) is 9.53 Å². The molecule has 0 heterocycles. The van der Waals surface area contributed by atoms with Crippen molar-refractivity contribution in [1.29, 1.82) is 0 Å². The molecule has 0 aliphatic rings. The smallest absolute Gasteiger partial charge is 0.305 e. The van der Waals surface area contributed by atoms with Crippen molar-refractivity contribution < 1.29 is 9.53 Å². The number of rotatable bonds is 7. The van der Waals surface area contributed by atoms with Gasteiger partial charge in [-0.1, -0.05) is 12.2 Å². The number of esters is 1. The average molecular weight is 185 g/mol. The molecule has 0 rings (SSSR count). The largest absolute Gasteiger partial charge is 0.466 e. The maximum absolute atomic E-state index is 10.9. The Morgan fingerprint density at radius 3 is 2.77 bits per heavy atom. The standard InChI is InChI=1S/C10H19NO2/c1-4-13-10(12)6-5-7-11-8-9(2)3/h11H,2,4-8H2,1,3H3. The fraction of sp³-hybridized carbons (Fsp3) is 0.700. The van der Waals surface area contributed by atoms with Gasteiger partial charge in [0, 0.05) is 13.0 Å². The minimum atomic E-state index is -0.111. The second-order valence-electron chi connectivity index (χ2n) is 3.04. The quantitative estimate of drug-likeness (QED) is 0.371. The molecule has 0 saturated heterocycles. The molecule has 3 nitrogen and oxygen atoms in total. The van der Waals surface area contributed by atoms with Crippen molar-refractivity contribution in [2.45, 2.75) is 26.7 Å². The fourth-order valence-electron chi connectivity index (χ4n) is 0.893. The molecular formula is C10H19NO2. The van der Waals surface area contributed by atoms with Crippen LogP contribution in [0.25, 0.3) is 0 Å². The molecule has 0 aromatic carbocycles. The molecule has 0 bridgehead atoms. The monoisotopic (exact) mass is 185 g/mol. The third-order valence-corrected chi connectivity index (χ3v) is 1.47. The minimum Gasteiger partial charge on any atom is -0.466 e. The molecule has 0 radical (unpaired) electrons. The predicted molar refractivity (Wildman–Crippen MR) is 53.6 cm³/mol. The molecule has 0 aliphatic carbocycles. The Balaban J connectivity index is 3.16. The van der Waals surface area contributed by atoms with Crippen LogP contribution in [0.5, 0.6) is 0 Å². The number of nitrogens with one attached hydrogen (secondary N) is 1. The van der Waals surface area contributed by atoms with Crippen molar-refractivity contribution in [3.8, 4) is 0 Å². The van der Waals surface area contributed by atoms with Crippen molar-refractivity contribution in [1.82, 2.24) is 5.32 Å². The zero-order chi connectivity index (χ0) is 10.1. The van der Waals surface area contributed by atoms with Gasteiger partial charge in [0.25, 0.3) is 0 Å². The van der Waals surface area contributed by atoms with Crippen molar-refractivity contribution in [3.05, 3.63) is 12.2 Å². The Morgan fingerprint density at radius 1 is 1.54 bits per heavy atom. The van der Waals surface area contributed by atoms with Crippen LogP contribution in [0.4, 0.5) is 0 Å². The van der Waals surface area contributed by atoms with E-state index in [9.17, 15) is 4.79 Å². The zero-order valence-corrected chi connectivity index (χ0v) is 8.56. The van der Waals surface area contributed by atoms with Gasteiger partial charge in [0.1, 0.15) is 0 Å². The molecular weight excluding hydrogens is 166 g/mol. The molecule has 1 N–H and O–H groups in total. The van der Waals surface area contributed by atoms with E-state index in [-0.39, 0.29) is 5.97 Å². The first-order valence-corrected chi connectivity index (χ1v) is 4.67. The molecule has 0 atom stereocenters. The second kappa shape index (κ2) is 7.80. The van der Waals surface area contributed by atoms with Crippen molar-refractivity contribution in [2.24, 2.45) is 0 Å². The Hall–Kier alpha value is -0.830. The first-order chi connectivity index (χ1) is 6.16. The third kappa shape index (κ3) is 9.08. The van der Waals surface area contributed by atoms with Gasteiger partial charge < -0.3 is 10.1 Å². The summed E-state index contributed by atoms with van der Waals surface area (Å²) in [7, 11) is 0. The molecule has 76 valence electrons. The van der Waals surface area contributed by atoms with E-state index >= 15 is 0 Å².